The summed E-state index contributed by atoms with van der Waals surface area (Å²) in [6, 6.07) is 10.2. The van der Waals surface area contributed by atoms with E-state index in [9.17, 15) is 5.11 Å². The normalized spacial score (nSPS) is 27.1. The lowest BCUT2D eigenvalue weighted by atomic mass is 9.98. The van der Waals surface area contributed by atoms with Gasteiger partial charge >= 0.3 is 0 Å². The summed E-state index contributed by atoms with van der Waals surface area (Å²) in [5.41, 5.74) is 1.23. The first-order valence-electron chi connectivity index (χ1n) is 5.69. The number of hydrogen-bond acceptors (Lipinski definition) is 3. The van der Waals surface area contributed by atoms with Gasteiger partial charge in [-0.1, -0.05) is 65.8 Å². The zero-order chi connectivity index (χ0) is 12.2. The molecule has 1 nitrogen and oxygen atoms in total. The second-order valence-electron chi connectivity index (χ2n) is 4.06. The lowest BCUT2D eigenvalue weighted by molar-refractivity contribution is 0.143. The number of aliphatic hydroxyl groups is 1. The van der Waals surface area contributed by atoms with Crippen molar-refractivity contribution in [2.24, 2.45) is 0 Å². The first-order valence-corrected chi connectivity index (χ1v) is 7.90. The molecule has 1 aliphatic rings. The molecule has 1 fully saturated rings. The minimum absolute atomic E-state index is 0.0365. The first kappa shape index (κ1) is 13.9. The van der Waals surface area contributed by atoms with Gasteiger partial charge in [0.2, 0.25) is 0 Å². The number of aliphatic hydroxyl groups excluding tert-OH is 1. The maximum absolute atomic E-state index is 10.1. The smallest absolute Gasteiger partial charge is 0.0857 e. The molecular formula is C13H20OS2. The van der Waals surface area contributed by atoms with E-state index in [1.165, 1.54) is 5.56 Å². The van der Waals surface area contributed by atoms with Crippen LogP contribution in [0, 0.1) is 0 Å². The van der Waals surface area contributed by atoms with Crippen LogP contribution in [0.1, 0.15) is 38.5 Å². The van der Waals surface area contributed by atoms with Gasteiger partial charge in [-0.25, -0.2) is 0 Å². The third-order valence-electron chi connectivity index (χ3n) is 2.49. The van der Waals surface area contributed by atoms with Gasteiger partial charge in [-0.2, -0.15) is 0 Å². The molecule has 0 saturated carbocycles. The van der Waals surface area contributed by atoms with E-state index < -0.39 is 0 Å². The van der Waals surface area contributed by atoms with Crippen LogP contribution in [0.25, 0.3) is 0 Å². The molecule has 0 spiro atoms. The lowest BCUT2D eigenvalue weighted by Crippen LogP contribution is -2.31. The summed E-state index contributed by atoms with van der Waals surface area (Å²) in [5, 5.41) is 10.3. The molecule has 0 unspecified atom stereocenters. The van der Waals surface area contributed by atoms with E-state index >= 15 is 0 Å². The van der Waals surface area contributed by atoms with Gasteiger partial charge in [-0.3, -0.25) is 0 Å². The van der Waals surface area contributed by atoms with Crippen molar-refractivity contribution in [1.29, 1.82) is 0 Å². The van der Waals surface area contributed by atoms with Crippen molar-refractivity contribution in [3.63, 3.8) is 0 Å². The van der Waals surface area contributed by atoms with E-state index in [1.54, 1.807) is 21.6 Å². The van der Waals surface area contributed by atoms with Crippen LogP contribution in [-0.2, 0) is 0 Å². The number of benzene rings is 1. The minimum Gasteiger partial charge on any atom is -0.390 e. The summed E-state index contributed by atoms with van der Waals surface area (Å²) >= 11 is 0. The summed E-state index contributed by atoms with van der Waals surface area (Å²) in [6.45, 7) is 8.19. The maximum Gasteiger partial charge on any atom is 0.0857 e. The fourth-order valence-electron chi connectivity index (χ4n) is 1.52. The van der Waals surface area contributed by atoms with Crippen LogP contribution >= 0.6 is 21.6 Å². The third-order valence-corrected chi connectivity index (χ3v) is 6.20. The molecule has 0 aromatic heterocycles. The van der Waals surface area contributed by atoms with Crippen LogP contribution in [0.15, 0.2) is 30.3 Å². The predicted molar refractivity (Wildman–Crippen MR) is 75.8 cm³/mol. The van der Waals surface area contributed by atoms with Crippen molar-refractivity contribution in [2.45, 2.75) is 43.8 Å². The van der Waals surface area contributed by atoms with Gasteiger partial charge in [-0.15, -0.1) is 0 Å². The van der Waals surface area contributed by atoms with Gasteiger partial charge < -0.3 is 5.11 Å². The molecule has 0 aliphatic carbocycles. The Morgan fingerprint density at radius 2 is 1.69 bits per heavy atom. The maximum atomic E-state index is 10.1. The standard InChI is InChI=1S/C11H14OS2.C2H6/c1-11(2)10(12)9(13-14-11)8-6-4-3-5-7-8;1-2/h3-7,9-10,12H,1-2H3;1-2H3/t9-,10-;/m0./s1. The molecule has 1 aliphatic heterocycles. The minimum atomic E-state index is -0.264. The lowest BCUT2D eigenvalue weighted by Gasteiger charge is -2.22. The Balaban J connectivity index is 0.000000606. The van der Waals surface area contributed by atoms with E-state index in [-0.39, 0.29) is 16.1 Å². The molecule has 2 atom stereocenters. The van der Waals surface area contributed by atoms with Crippen molar-refractivity contribution in [3.05, 3.63) is 35.9 Å². The highest BCUT2D eigenvalue weighted by atomic mass is 33.1. The van der Waals surface area contributed by atoms with Gasteiger partial charge in [-0.05, 0) is 19.4 Å². The average Bonchev–Trinajstić information content (AvgIpc) is 2.58. The third kappa shape index (κ3) is 2.96. The molecular weight excluding hydrogens is 236 g/mol. The Kier molecular flexibility index (Phi) is 5.22. The summed E-state index contributed by atoms with van der Waals surface area (Å²) < 4.78 is -0.0365. The summed E-state index contributed by atoms with van der Waals surface area (Å²) in [4.78, 5) is 0. The van der Waals surface area contributed by atoms with E-state index in [4.69, 9.17) is 0 Å². The predicted octanol–water partition coefficient (Wildman–Crippen LogP) is 4.29. The largest absolute Gasteiger partial charge is 0.390 e. The molecule has 90 valence electrons. The number of rotatable bonds is 1. The van der Waals surface area contributed by atoms with Crippen LogP contribution in [0.4, 0.5) is 0 Å². The van der Waals surface area contributed by atoms with Gasteiger partial charge in [0.05, 0.1) is 11.4 Å². The van der Waals surface area contributed by atoms with E-state index in [0.29, 0.717) is 0 Å². The van der Waals surface area contributed by atoms with Crippen molar-refractivity contribution in [1.82, 2.24) is 0 Å². The van der Waals surface area contributed by atoms with Gasteiger partial charge in [0.25, 0.3) is 0 Å². The van der Waals surface area contributed by atoms with Crippen LogP contribution in [-0.4, -0.2) is 16.0 Å². The van der Waals surface area contributed by atoms with Crippen molar-refractivity contribution in [2.75, 3.05) is 0 Å². The van der Waals surface area contributed by atoms with Crippen molar-refractivity contribution < 1.29 is 5.11 Å². The van der Waals surface area contributed by atoms with Crippen LogP contribution in [0.3, 0.4) is 0 Å². The number of hydrogen-bond donors (Lipinski definition) is 1. The fraction of sp³-hybridized carbons (Fsp3) is 0.538. The summed E-state index contributed by atoms with van der Waals surface area (Å²) in [7, 11) is 3.55. The first-order chi connectivity index (χ1) is 7.61. The van der Waals surface area contributed by atoms with Crippen molar-refractivity contribution >= 4 is 21.6 Å². The van der Waals surface area contributed by atoms with Crippen LogP contribution in [0.2, 0.25) is 0 Å². The van der Waals surface area contributed by atoms with Crippen molar-refractivity contribution in [3.8, 4) is 0 Å². The summed E-state index contributed by atoms with van der Waals surface area (Å²) in [6.07, 6.45) is -0.264. The second-order valence-corrected chi connectivity index (χ2v) is 7.06. The topological polar surface area (TPSA) is 20.2 Å². The molecule has 1 N–H and O–H groups in total. The molecule has 0 radical (unpaired) electrons. The molecule has 1 aromatic rings. The fourth-order valence-corrected chi connectivity index (χ4v) is 4.91. The zero-order valence-corrected chi connectivity index (χ0v) is 11.9. The van der Waals surface area contributed by atoms with E-state index in [2.05, 4.69) is 26.0 Å². The Hall–Kier alpha value is -0.120. The Morgan fingerprint density at radius 3 is 2.12 bits per heavy atom. The Bertz CT molecular complexity index is 311. The zero-order valence-electron chi connectivity index (χ0n) is 10.3. The molecule has 1 saturated heterocycles. The van der Waals surface area contributed by atoms with Gasteiger partial charge in [0.15, 0.2) is 0 Å². The molecule has 1 aromatic carbocycles. The molecule has 0 amide bonds. The molecule has 16 heavy (non-hydrogen) atoms. The monoisotopic (exact) mass is 256 g/mol. The quantitative estimate of drug-likeness (QED) is 0.757. The van der Waals surface area contributed by atoms with Crippen LogP contribution in [0.5, 0.6) is 0 Å². The SMILES string of the molecule is CC.CC1(C)SS[C@@H](c2ccccc2)[C@@H]1O. The summed E-state index contributed by atoms with van der Waals surface area (Å²) in [5.74, 6) is 0. The molecule has 3 heteroatoms. The molecule has 1 heterocycles. The molecule has 2 rings (SSSR count). The Labute approximate surface area is 106 Å². The van der Waals surface area contributed by atoms with Gasteiger partial charge in [0, 0.05) is 4.75 Å². The molecule has 0 bridgehead atoms. The van der Waals surface area contributed by atoms with Crippen LogP contribution < -0.4 is 0 Å². The Morgan fingerprint density at radius 1 is 1.12 bits per heavy atom. The highest BCUT2D eigenvalue weighted by molar-refractivity contribution is 8.77. The highest BCUT2D eigenvalue weighted by Gasteiger charge is 2.43. The second kappa shape index (κ2) is 5.99. The average molecular weight is 256 g/mol. The van der Waals surface area contributed by atoms with E-state index in [0.717, 1.165) is 0 Å². The van der Waals surface area contributed by atoms with E-state index in [1.807, 2.05) is 32.0 Å². The highest BCUT2D eigenvalue weighted by Crippen LogP contribution is 2.57. The van der Waals surface area contributed by atoms with Gasteiger partial charge in [0.1, 0.15) is 0 Å².